The van der Waals surface area contributed by atoms with Gasteiger partial charge < -0.3 is 19.8 Å². The molecule has 0 saturated carbocycles. The van der Waals surface area contributed by atoms with Crippen LogP contribution in [0.5, 0.6) is 0 Å². The van der Waals surface area contributed by atoms with Crippen LogP contribution in [0.2, 0.25) is 5.02 Å². The number of carboxylic acid groups (broad SMARTS) is 1. The molecule has 7 nitrogen and oxygen atoms in total. The zero-order chi connectivity index (χ0) is 19.4. The summed E-state index contributed by atoms with van der Waals surface area (Å²) in [5.41, 5.74) is 0.675. The van der Waals surface area contributed by atoms with Crippen molar-refractivity contribution in [2.45, 2.75) is 19.4 Å². The third-order valence-electron chi connectivity index (χ3n) is 5.04. The number of hydrogen-bond donors (Lipinski definition) is 2. The molecule has 0 spiro atoms. The second kappa shape index (κ2) is 8.73. The van der Waals surface area contributed by atoms with E-state index < -0.39 is 5.97 Å². The quantitative estimate of drug-likeness (QED) is 0.749. The molecule has 1 aliphatic heterocycles. The summed E-state index contributed by atoms with van der Waals surface area (Å²) in [6.45, 7) is 6.87. The molecule has 0 aliphatic carbocycles. The molecule has 1 atom stereocenters. The number of anilines is 1. The molecule has 1 saturated heterocycles. The summed E-state index contributed by atoms with van der Waals surface area (Å²) in [6.07, 6.45) is 0.973. The van der Waals surface area contributed by atoms with E-state index in [1.165, 1.54) is 0 Å². The molecule has 2 N–H and O–H groups in total. The van der Waals surface area contributed by atoms with Crippen LogP contribution >= 0.6 is 11.6 Å². The van der Waals surface area contributed by atoms with Gasteiger partial charge in [0.25, 0.3) is 0 Å². The van der Waals surface area contributed by atoms with E-state index in [1.807, 2.05) is 0 Å². The largest absolute Gasteiger partial charge is 0.477 e. The lowest BCUT2D eigenvalue weighted by molar-refractivity contribution is 0.0698. The van der Waals surface area contributed by atoms with Crippen LogP contribution in [-0.2, 0) is 0 Å². The molecule has 2 aromatic rings. The molecule has 1 unspecified atom stereocenters. The number of halogens is 1. The Bertz CT molecular complexity index is 770. The van der Waals surface area contributed by atoms with Gasteiger partial charge in [0.05, 0.1) is 0 Å². The van der Waals surface area contributed by atoms with Gasteiger partial charge in [-0.1, -0.05) is 23.7 Å². The summed E-state index contributed by atoms with van der Waals surface area (Å²) in [4.78, 5) is 16.6. The molecular formula is C19H25ClN4O3. The van der Waals surface area contributed by atoms with E-state index in [4.69, 9.17) is 16.1 Å². The molecule has 1 aliphatic rings. The summed E-state index contributed by atoms with van der Waals surface area (Å²) in [7, 11) is 2.13. The number of carbonyl (C=O) groups is 1. The molecular weight excluding hydrogens is 368 g/mol. The standard InChI is InChI=1S/C19H25ClN4O3/c1-3-15(24-10-8-23(2)9-11-24)12-21-18-16(19(25)26)17(27-22-18)13-4-6-14(20)7-5-13/h4-7,15H,3,8-12H2,1-2H3,(H,21,22)(H,25,26). The van der Waals surface area contributed by atoms with Crippen LogP contribution in [-0.4, -0.2) is 71.8 Å². The van der Waals surface area contributed by atoms with Crippen molar-refractivity contribution in [1.29, 1.82) is 0 Å². The maximum Gasteiger partial charge on any atom is 0.343 e. The highest BCUT2D eigenvalue weighted by Gasteiger charge is 2.26. The Kier molecular flexibility index (Phi) is 6.36. The average Bonchev–Trinajstić information content (AvgIpc) is 3.08. The van der Waals surface area contributed by atoms with Gasteiger partial charge in [0, 0.05) is 49.4 Å². The van der Waals surface area contributed by atoms with Crippen molar-refractivity contribution in [1.82, 2.24) is 15.0 Å². The van der Waals surface area contributed by atoms with E-state index in [2.05, 4.69) is 34.2 Å². The number of nitrogens with one attached hydrogen (secondary N) is 1. The Hall–Kier alpha value is -2.09. The molecule has 0 radical (unpaired) electrons. The predicted molar refractivity (Wildman–Crippen MR) is 106 cm³/mol. The fourth-order valence-corrected chi connectivity index (χ4v) is 3.47. The molecule has 1 aromatic heterocycles. The van der Waals surface area contributed by atoms with Crippen LogP contribution in [0.15, 0.2) is 28.8 Å². The van der Waals surface area contributed by atoms with E-state index in [9.17, 15) is 9.90 Å². The maximum atomic E-state index is 11.8. The monoisotopic (exact) mass is 392 g/mol. The first-order chi connectivity index (χ1) is 13.0. The Morgan fingerprint density at radius 3 is 2.56 bits per heavy atom. The first kappa shape index (κ1) is 19.7. The van der Waals surface area contributed by atoms with Crippen molar-refractivity contribution in [3.8, 4) is 11.3 Å². The molecule has 1 fully saturated rings. The van der Waals surface area contributed by atoms with Crippen LogP contribution in [0.4, 0.5) is 5.82 Å². The molecule has 2 heterocycles. The lowest BCUT2D eigenvalue weighted by Gasteiger charge is -2.37. The van der Waals surface area contributed by atoms with E-state index in [0.29, 0.717) is 23.2 Å². The lowest BCUT2D eigenvalue weighted by atomic mass is 10.1. The van der Waals surface area contributed by atoms with Crippen LogP contribution in [0.25, 0.3) is 11.3 Å². The van der Waals surface area contributed by atoms with Crippen LogP contribution in [0, 0.1) is 0 Å². The molecule has 0 bridgehead atoms. The molecule has 1 aromatic carbocycles. The minimum atomic E-state index is -1.07. The summed E-state index contributed by atoms with van der Waals surface area (Å²) >= 11 is 5.91. The highest BCUT2D eigenvalue weighted by molar-refractivity contribution is 6.30. The summed E-state index contributed by atoms with van der Waals surface area (Å²) in [5, 5.41) is 17.4. The molecule has 27 heavy (non-hydrogen) atoms. The van der Waals surface area contributed by atoms with Crippen molar-refractivity contribution >= 4 is 23.4 Å². The number of benzene rings is 1. The number of hydrogen-bond acceptors (Lipinski definition) is 6. The molecule has 3 rings (SSSR count). The van der Waals surface area contributed by atoms with Gasteiger partial charge in [0.15, 0.2) is 17.1 Å². The van der Waals surface area contributed by atoms with Gasteiger partial charge in [-0.25, -0.2) is 4.79 Å². The minimum absolute atomic E-state index is 0.0468. The zero-order valence-corrected chi connectivity index (χ0v) is 16.4. The van der Waals surface area contributed by atoms with Gasteiger partial charge >= 0.3 is 5.97 Å². The number of aromatic nitrogens is 1. The molecule has 0 amide bonds. The van der Waals surface area contributed by atoms with Crippen molar-refractivity contribution in [3.63, 3.8) is 0 Å². The second-order valence-corrected chi connectivity index (χ2v) is 7.27. The third-order valence-corrected chi connectivity index (χ3v) is 5.29. The van der Waals surface area contributed by atoms with E-state index >= 15 is 0 Å². The predicted octanol–water partition coefficient (Wildman–Crippen LogP) is 3.13. The van der Waals surface area contributed by atoms with Crippen molar-refractivity contribution in [2.24, 2.45) is 0 Å². The SMILES string of the molecule is CCC(CNc1noc(-c2ccc(Cl)cc2)c1C(=O)O)N1CCN(C)CC1. The highest BCUT2D eigenvalue weighted by atomic mass is 35.5. The van der Waals surface area contributed by atoms with E-state index in [1.54, 1.807) is 24.3 Å². The fourth-order valence-electron chi connectivity index (χ4n) is 3.34. The van der Waals surface area contributed by atoms with Gasteiger partial charge in [0.2, 0.25) is 0 Å². The van der Waals surface area contributed by atoms with Gasteiger partial charge in [-0.15, -0.1) is 0 Å². The Morgan fingerprint density at radius 1 is 1.30 bits per heavy atom. The topological polar surface area (TPSA) is 81.8 Å². The molecule has 8 heteroatoms. The normalized spacial score (nSPS) is 17.0. The maximum absolute atomic E-state index is 11.8. The molecule has 146 valence electrons. The Balaban J connectivity index is 1.74. The summed E-state index contributed by atoms with van der Waals surface area (Å²) in [5.74, 6) is -0.578. The summed E-state index contributed by atoms with van der Waals surface area (Å²) in [6, 6.07) is 7.14. The third kappa shape index (κ3) is 4.61. The summed E-state index contributed by atoms with van der Waals surface area (Å²) < 4.78 is 5.35. The van der Waals surface area contributed by atoms with Gasteiger partial charge in [-0.2, -0.15) is 0 Å². The first-order valence-corrected chi connectivity index (χ1v) is 9.52. The zero-order valence-electron chi connectivity index (χ0n) is 15.6. The van der Waals surface area contributed by atoms with Crippen molar-refractivity contribution < 1.29 is 14.4 Å². The van der Waals surface area contributed by atoms with Crippen LogP contribution in [0.3, 0.4) is 0 Å². The average molecular weight is 393 g/mol. The van der Waals surface area contributed by atoms with Crippen molar-refractivity contribution in [3.05, 3.63) is 34.9 Å². The van der Waals surface area contributed by atoms with Gasteiger partial charge in [-0.3, -0.25) is 4.90 Å². The van der Waals surface area contributed by atoms with Gasteiger partial charge in [0.1, 0.15) is 0 Å². The number of piperazine rings is 1. The van der Waals surface area contributed by atoms with Crippen LogP contribution < -0.4 is 5.32 Å². The lowest BCUT2D eigenvalue weighted by Crippen LogP contribution is -2.50. The number of nitrogens with zero attached hydrogens (tertiary/aromatic N) is 3. The van der Waals surface area contributed by atoms with E-state index in [0.717, 1.165) is 32.6 Å². The smallest absolute Gasteiger partial charge is 0.343 e. The minimum Gasteiger partial charge on any atom is -0.477 e. The number of rotatable bonds is 7. The van der Waals surface area contributed by atoms with Gasteiger partial charge in [-0.05, 0) is 37.7 Å². The number of carboxylic acids is 1. The van der Waals surface area contributed by atoms with Crippen molar-refractivity contribution in [2.75, 3.05) is 45.1 Å². The Morgan fingerprint density at radius 2 is 1.96 bits per heavy atom. The number of likely N-dealkylation sites (N-methyl/N-ethyl adjacent to an activating group) is 1. The Labute approximate surface area is 163 Å². The highest BCUT2D eigenvalue weighted by Crippen LogP contribution is 2.30. The number of aromatic carboxylic acids is 1. The second-order valence-electron chi connectivity index (χ2n) is 6.83. The first-order valence-electron chi connectivity index (χ1n) is 9.15. The van der Waals surface area contributed by atoms with Crippen LogP contribution in [0.1, 0.15) is 23.7 Å². The van der Waals surface area contributed by atoms with E-state index in [-0.39, 0.29) is 17.1 Å². The fraction of sp³-hybridized carbons (Fsp3) is 0.474.